The van der Waals surface area contributed by atoms with Crippen LogP contribution in [-0.4, -0.2) is 10.2 Å². The smallest absolute Gasteiger partial charge is 0.158 e. The summed E-state index contributed by atoms with van der Waals surface area (Å²) < 4.78 is 0. The fraction of sp³-hybridized carbons (Fsp3) is 0. The molecule has 0 aliphatic heterocycles. The van der Waals surface area contributed by atoms with Gasteiger partial charge in [0.2, 0.25) is 0 Å². The molecule has 0 spiro atoms. The Balaban J connectivity index is 2.49. The number of hydrogen-bond donors (Lipinski definition) is 2. The molecule has 0 aliphatic carbocycles. The van der Waals surface area contributed by atoms with E-state index in [0.717, 1.165) is 11.1 Å². The van der Waals surface area contributed by atoms with E-state index < -0.39 is 0 Å². The summed E-state index contributed by atoms with van der Waals surface area (Å²) in [5, 5.41) is 22.3. The third-order valence-corrected chi connectivity index (χ3v) is 2.51. The first-order valence-corrected chi connectivity index (χ1v) is 4.76. The van der Waals surface area contributed by atoms with Gasteiger partial charge in [-0.05, 0) is 40.1 Å². The minimum Gasteiger partial charge on any atom is -0.504 e. The summed E-state index contributed by atoms with van der Waals surface area (Å²) in [5.41, 5.74) is 1.97. The van der Waals surface area contributed by atoms with Gasteiger partial charge in [-0.25, -0.2) is 0 Å². The Morgan fingerprint density at radius 1 is 0.923 bits per heavy atom. The SMILES string of the molecule is Oc1ccc(-c2ccsc2)cc1O. The molecule has 0 aliphatic rings. The van der Waals surface area contributed by atoms with E-state index in [0.29, 0.717) is 0 Å². The molecule has 0 bridgehead atoms. The van der Waals surface area contributed by atoms with Gasteiger partial charge in [0.15, 0.2) is 11.5 Å². The molecule has 2 rings (SSSR count). The summed E-state index contributed by atoms with van der Waals surface area (Å²) in [7, 11) is 0. The van der Waals surface area contributed by atoms with Crippen molar-refractivity contribution >= 4 is 11.3 Å². The van der Waals surface area contributed by atoms with Crippen molar-refractivity contribution in [1.82, 2.24) is 0 Å². The lowest BCUT2D eigenvalue weighted by atomic mass is 10.1. The standard InChI is InChI=1S/C10H8O2S/c11-9-2-1-7(5-10(9)12)8-3-4-13-6-8/h1-6,11-12H. The summed E-state index contributed by atoms with van der Waals surface area (Å²) >= 11 is 1.60. The molecular weight excluding hydrogens is 184 g/mol. The van der Waals surface area contributed by atoms with Gasteiger partial charge in [0.05, 0.1) is 0 Å². The van der Waals surface area contributed by atoms with E-state index >= 15 is 0 Å². The number of phenolic OH excluding ortho intramolecular Hbond substituents is 2. The van der Waals surface area contributed by atoms with Gasteiger partial charge in [0, 0.05) is 0 Å². The number of thiophene rings is 1. The second kappa shape index (κ2) is 3.11. The zero-order valence-corrected chi connectivity index (χ0v) is 7.58. The molecule has 2 aromatic rings. The first-order chi connectivity index (χ1) is 6.27. The van der Waals surface area contributed by atoms with Gasteiger partial charge in [-0.1, -0.05) is 6.07 Å². The molecular formula is C10H8O2S. The summed E-state index contributed by atoms with van der Waals surface area (Å²) in [6.07, 6.45) is 0. The molecule has 0 fully saturated rings. The minimum atomic E-state index is -0.0843. The minimum absolute atomic E-state index is 0.0799. The van der Waals surface area contributed by atoms with Crippen LogP contribution in [0.15, 0.2) is 35.0 Å². The molecule has 1 aromatic carbocycles. The van der Waals surface area contributed by atoms with Crippen molar-refractivity contribution in [3.63, 3.8) is 0 Å². The molecule has 0 radical (unpaired) electrons. The number of hydrogen-bond acceptors (Lipinski definition) is 3. The molecule has 3 heteroatoms. The lowest BCUT2D eigenvalue weighted by Crippen LogP contribution is -1.73. The topological polar surface area (TPSA) is 40.5 Å². The molecule has 0 saturated heterocycles. The summed E-state index contributed by atoms with van der Waals surface area (Å²) in [6.45, 7) is 0. The van der Waals surface area contributed by atoms with Crippen LogP contribution in [0.2, 0.25) is 0 Å². The van der Waals surface area contributed by atoms with Crippen LogP contribution >= 0.6 is 11.3 Å². The predicted octanol–water partition coefficient (Wildman–Crippen LogP) is 2.83. The highest BCUT2D eigenvalue weighted by atomic mass is 32.1. The Labute approximate surface area is 79.7 Å². The Morgan fingerprint density at radius 3 is 2.38 bits per heavy atom. The predicted molar refractivity (Wildman–Crippen MR) is 53.1 cm³/mol. The van der Waals surface area contributed by atoms with Crippen molar-refractivity contribution < 1.29 is 10.2 Å². The van der Waals surface area contributed by atoms with Crippen molar-refractivity contribution in [3.8, 4) is 22.6 Å². The van der Waals surface area contributed by atoms with E-state index in [4.69, 9.17) is 5.11 Å². The summed E-state index contributed by atoms with van der Waals surface area (Å²) in [4.78, 5) is 0. The molecule has 2 N–H and O–H groups in total. The molecule has 1 heterocycles. The van der Waals surface area contributed by atoms with Crippen LogP contribution < -0.4 is 0 Å². The molecule has 0 amide bonds. The third kappa shape index (κ3) is 1.51. The van der Waals surface area contributed by atoms with Crippen LogP contribution in [0.3, 0.4) is 0 Å². The highest BCUT2D eigenvalue weighted by Crippen LogP contribution is 2.31. The maximum Gasteiger partial charge on any atom is 0.158 e. The van der Waals surface area contributed by atoms with E-state index in [-0.39, 0.29) is 11.5 Å². The highest BCUT2D eigenvalue weighted by molar-refractivity contribution is 7.08. The van der Waals surface area contributed by atoms with E-state index in [1.807, 2.05) is 16.8 Å². The van der Waals surface area contributed by atoms with Crippen LogP contribution in [0.4, 0.5) is 0 Å². The van der Waals surface area contributed by atoms with Gasteiger partial charge in [0.1, 0.15) is 0 Å². The highest BCUT2D eigenvalue weighted by Gasteiger charge is 2.02. The Morgan fingerprint density at radius 2 is 1.77 bits per heavy atom. The van der Waals surface area contributed by atoms with E-state index in [2.05, 4.69) is 0 Å². The third-order valence-electron chi connectivity index (χ3n) is 1.83. The Hall–Kier alpha value is -1.48. The zero-order valence-electron chi connectivity index (χ0n) is 6.77. The van der Waals surface area contributed by atoms with Gasteiger partial charge in [-0.15, -0.1) is 0 Å². The van der Waals surface area contributed by atoms with Crippen molar-refractivity contribution in [2.24, 2.45) is 0 Å². The average Bonchev–Trinajstić information content (AvgIpc) is 2.62. The normalized spacial score (nSPS) is 10.2. The van der Waals surface area contributed by atoms with Crippen LogP contribution in [0.5, 0.6) is 11.5 Å². The number of aromatic hydroxyl groups is 2. The lowest BCUT2D eigenvalue weighted by molar-refractivity contribution is 0.404. The fourth-order valence-electron chi connectivity index (χ4n) is 1.13. The van der Waals surface area contributed by atoms with Crippen molar-refractivity contribution in [2.75, 3.05) is 0 Å². The Kier molecular flexibility index (Phi) is 1.94. The fourth-order valence-corrected chi connectivity index (χ4v) is 1.80. The summed E-state index contributed by atoms with van der Waals surface area (Å²) in [6, 6.07) is 6.79. The van der Waals surface area contributed by atoms with Crippen LogP contribution in [0, 0.1) is 0 Å². The molecule has 13 heavy (non-hydrogen) atoms. The second-order valence-electron chi connectivity index (χ2n) is 2.72. The Bertz CT molecular complexity index is 407. The largest absolute Gasteiger partial charge is 0.504 e. The van der Waals surface area contributed by atoms with Crippen molar-refractivity contribution in [2.45, 2.75) is 0 Å². The monoisotopic (exact) mass is 192 g/mol. The molecule has 0 unspecified atom stereocenters. The second-order valence-corrected chi connectivity index (χ2v) is 3.50. The van der Waals surface area contributed by atoms with Crippen molar-refractivity contribution in [3.05, 3.63) is 35.0 Å². The van der Waals surface area contributed by atoms with Crippen LogP contribution in [0.25, 0.3) is 11.1 Å². The quantitative estimate of drug-likeness (QED) is 0.682. The number of benzene rings is 1. The maximum atomic E-state index is 9.25. The molecule has 66 valence electrons. The van der Waals surface area contributed by atoms with Gasteiger partial charge in [-0.3, -0.25) is 0 Å². The van der Waals surface area contributed by atoms with Crippen molar-refractivity contribution in [1.29, 1.82) is 0 Å². The maximum absolute atomic E-state index is 9.25. The van der Waals surface area contributed by atoms with E-state index in [1.54, 1.807) is 23.5 Å². The molecule has 1 aromatic heterocycles. The molecule has 2 nitrogen and oxygen atoms in total. The van der Waals surface area contributed by atoms with Gasteiger partial charge < -0.3 is 10.2 Å². The van der Waals surface area contributed by atoms with Crippen LogP contribution in [-0.2, 0) is 0 Å². The van der Waals surface area contributed by atoms with Crippen LogP contribution in [0.1, 0.15) is 0 Å². The average molecular weight is 192 g/mol. The number of phenols is 2. The zero-order chi connectivity index (χ0) is 9.26. The lowest BCUT2D eigenvalue weighted by Gasteiger charge is -2.00. The molecule has 0 saturated carbocycles. The summed E-state index contributed by atoms with van der Waals surface area (Å²) in [5.74, 6) is -0.164. The first kappa shape index (κ1) is 8.13. The first-order valence-electron chi connectivity index (χ1n) is 3.82. The number of rotatable bonds is 1. The van der Waals surface area contributed by atoms with E-state index in [9.17, 15) is 5.11 Å². The molecule has 0 atom stereocenters. The van der Waals surface area contributed by atoms with Gasteiger partial charge in [-0.2, -0.15) is 11.3 Å². The van der Waals surface area contributed by atoms with E-state index in [1.165, 1.54) is 6.07 Å². The van der Waals surface area contributed by atoms with Gasteiger partial charge in [0.25, 0.3) is 0 Å². The van der Waals surface area contributed by atoms with Gasteiger partial charge >= 0.3 is 0 Å².